The Balaban J connectivity index is 2.63. The van der Waals surface area contributed by atoms with Gasteiger partial charge < -0.3 is 0 Å². The molecule has 64 valence electrons. The number of carbonyl (C=O) groups excluding carboxylic acids is 1. The van der Waals surface area contributed by atoms with E-state index in [1.54, 1.807) is 0 Å². The molecule has 2 rings (SSSR count). The number of benzene rings is 1. The molecule has 0 N–H and O–H groups in total. The summed E-state index contributed by atoms with van der Waals surface area (Å²) in [5, 5.41) is 0. The first kappa shape index (κ1) is 8.55. The number of Topliss-reactive ketones (excluding diaryl/α,β-unsaturated/α-hetero) is 1. The van der Waals surface area contributed by atoms with Gasteiger partial charge in [-0.2, -0.15) is 0 Å². The highest BCUT2D eigenvalue weighted by atomic mass is 16.1. The summed E-state index contributed by atoms with van der Waals surface area (Å²) in [6, 6.07) is 3.69. The molecule has 1 aromatic carbocycles. The molecule has 0 aromatic heterocycles. The van der Waals surface area contributed by atoms with Crippen LogP contribution in [-0.4, -0.2) is 13.6 Å². The predicted molar refractivity (Wildman–Crippen MR) is 53.8 cm³/mol. The molecule has 0 fully saturated rings. The first-order valence-electron chi connectivity index (χ1n) is 4.61. The Kier molecular flexibility index (Phi) is 1.99. The summed E-state index contributed by atoms with van der Waals surface area (Å²) in [6.45, 7) is 1.99. The Morgan fingerprint density at radius 1 is 1.31 bits per heavy atom. The third-order valence-corrected chi connectivity index (χ3v) is 2.77. The molecule has 1 nitrogen and oxygen atoms in total. The maximum absolute atomic E-state index is 11.5. The van der Waals surface area contributed by atoms with E-state index < -0.39 is 0 Å². The molecule has 2 heteroatoms. The Bertz CT molecular complexity index is 369. The van der Waals surface area contributed by atoms with Crippen molar-refractivity contribution >= 4 is 19.1 Å². The van der Waals surface area contributed by atoms with Crippen LogP contribution >= 0.6 is 0 Å². The Labute approximate surface area is 79.6 Å². The second kappa shape index (κ2) is 3.02. The highest BCUT2D eigenvalue weighted by molar-refractivity contribution is 6.33. The molecule has 1 aromatic rings. The van der Waals surface area contributed by atoms with Crippen LogP contribution in [0.2, 0.25) is 0 Å². The van der Waals surface area contributed by atoms with Gasteiger partial charge in [0.1, 0.15) is 7.85 Å². The Morgan fingerprint density at radius 2 is 2.08 bits per heavy atom. The van der Waals surface area contributed by atoms with Gasteiger partial charge in [-0.05, 0) is 25.3 Å². The molecular formula is C11H11BO. The van der Waals surface area contributed by atoms with E-state index in [1.807, 2.05) is 19.1 Å². The quantitative estimate of drug-likeness (QED) is 0.536. The highest BCUT2D eigenvalue weighted by Gasteiger charge is 2.18. The molecule has 0 unspecified atom stereocenters. The maximum Gasteiger partial charge on any atom is 0.163 e. The molecule has 1 aliphatic rings. The monoisotopic (exact) mass is 170 g/mol. The van der Waals surface area contributed by atoms with E-state index in [0.29, 0.717) is 6.42 Å². The molecule has 0 atom stereocenters. The fourth-order valence-electron chi connectivity index (χ4n) is 1.92. The van der Waals surface area contributed by atoms with Gasteiger partial charge in [0.25, 0.3) is 0 Å². The normalized spacial score (nSPS) is 15.6. The van der Waals surface area contributed by atoms with Gasteiger partial charge in [0, 0.05) is 12.0 Å². The zero-order chi connectivity index (χ0) is 9.42. The lowest BCUT2D eigenvalue weighted by Crippen LogP contribution is -2.18. The SMILES string of the molecule is [B]c1ccc2c(c1C)CCCC2=O. The van der Waals surface area contributed by atoms with Crippen LogP contribution < -0.4 is 5.46 Å². The van der Waals surface area contributed by atoms with E-state index in [2.05, 4.69) is 0 Å². The summed E-state index contributed by atoms with van der Waals surface area (Å²) in [5.74, 6) is 0.268. The van der Waals surface area contributed by atoms with Crippen LogP contribution in [0.15, 0.2) is 12.1 Å². The van der Waals surface area contributed by atoms with Crippen molar-refractivity contribution in [3.8, 4) is 0 Å². The van der Waals surface area contributed by atoms with E-state index in [-0.39, 0.29) is 5.78 Å². The van der Waals surface area contributed by atoms with E-state index in [9.17, 15) is 4.79 Å². The smallest absolute Gasteiger partial charge is 0.163 e. The minimum absolute atomic E-state index is 0.268. The number of hydrogen-bond acceptors (Lipinski definition) is 1. The molecule has 0 aliphatic heterocycles. The number of hydrogen-bond donors (Lipinski definition) is 0. The van der Waals surface area contributed by atoms with E-state index >= 15 is 0 Å². The summed E-state index contributed by atoms with van der Waals surface area (Å²) in [5.41, 5.74) is 3.94. The van der Waals surface area contributed by atoms with Crippen molar-refractivity contribution < 1.29 is 4.79 Å². The fraction of sp³-hybridized carbons (Fsp3) is 0.364. The van der Waals surface area contributed by atoms with Crippen molar-refractivity contribution in [1.82, 2.24) is 0 Å². The summed E-state index contributed by atoms with van der Waals surface area (Å²) >= 11 is 0. The van der Waals surface area contributed by atoms with Crippen molar-refractivity contribution in [3.63, 3.8) is 0 Å². The van der Waals surface area contributed by atoms with Gasteiger partial charge in [-0.25, -0.2) is 0 Å². The second-order valence-corrected chi connectivity index (χ2v) is 3.58. The predicted octanol–water partition coefficient (Wildman–Crippen LogP) is 1.31. The summed E-state index contributed by atoms with van der Waals surface area (Å²) in [6.07, 6.45) is 2.66. The zero-order valence-electron chi connectivity index (χ0n) is 7.76. The van der Waals surface area contributed by atoms with Gasteiger partial charge >= 0.3 is 0 Å². The number of ketones is 1. The van der Waals surface area contributed by atoms with E-state index in [1.165, 1.54) is 0 Å². The molecule has 13 heavy (non-hydrogen) atoms. The van der Waals surface area contributed by atoms with Crippen LogP contribution in [-0.2, 0) is 6.42 Å². The maximum atomic E-state index is 11.5. The summed E-state index contributed by atoms with van der Waals surface area (Å²) in [4.78, 5) is 11.5. The first-order valence-corrected chi connectivity index (χ1v) is 4.61. The van der Waals surface area contributed by atoms with E-state index in [0.717, 1.165) is 35.0 Å². The average molecular weight is 170 g/mol. The van der Waals surface area contributed by atoms with Crippen LogP contribution in [0.3, 0.4) is 0 Å². The van der Waals surface area contributed by atoms with Crippen LogP contribution in [0.4, 0.5) is 0 Å². The van der Waals surface area contributed by atoms with Gasteiger partial charge in [0.15, 0.2) is 5.78 Å². The second-order valence-electron chi connectivity index (χ2n) is 3.58. The molecule has 2 radical (unpaired) electrons. The van der Waals surface area contributed by atoms with Gasteiger partial charge in [-0.1, -0.05) is 23.2 Å². The molecule has 0 saturated heterocycles. The average Bonchev–Trinajstić information content (AvgIpc) is 2.12. The molecule has 0 amide bonds. The fourth-order valence-corrected chi connectivity index (χ4v) is 1.92. The van der Waals surface area contributed by atoms with Crippen LogP contribution in [0.5, 0.6) is 0 Å². The Morgan fingerprint density at radius 3 is 2.85 bits per heavy atom. The highest BCUT2D eigenvalue weighted by Crippen LogP contribution is 2.22. The number of carbonyl (C=O) groups is 1. The largest absolute Gasteiger partial charge is 0.294 e. The lowest BCUT2D eigenvalue weighted by atomic mass is 9.81. The standard InChI is InChI=1S/C11H11BO/c1-7-8-3-2-4-11(13)9(8)5-6-10(7)12/h5-6H,2-4H2,1H3. The van der Waals surface area contributed by atoms with Crippen molar-refractivity contribution in [3.05, 3.63) is 28.8 Å². The van der Waals surface area contributed by atoms with Crippen molar-refractivity contribution in [2.45, 2.75) is 26.2 Å². The molecule has 0 saturated carbocycles. The first-order chi connectivity index (χ1) is 6.20. The molecule has 0 bridgehead atoms. The van der Waals surface area contributed by atoms with Gasteiger partial charge in [-0.15, -0.1) is 0 Å². The van der Waals surface area contributed by atoms with Crippen LogP contribution in [0.25, 0.3) is 0 Å². The van der Waals surface area contributed by atoms with Gasteiger partial charge in [0.05, 0.1) is 0 Å². The Hall–Kier alpha value is -1.05. The lowest BCUT2D eigenvalue weighted by Gasteiger charge is -2.18. The molecule has 1 aliphatic carbocycles. The molecular weight excluding hydrogens is 159 g/mol. The van der Waals surface area contributed by atoms with Crippen molar-refractivity contribution in [2.75, 3.05) is 0 Å². The van der Waals surface area contributed by atoms with Crippen LogP contribution in [0, 0.1) is 6.92 Å². The minimum Gasteiger partial charge on any atom is -0.294 e. The van der Waals surface area contributed by atoms with Crippen molar-refractivity contribution in [1.29, 1.82) is 0 Å². The number of fused-ring (bicyclic) bond motifs is 1. The summed E-state index contributed by atoms with van der Waals surface area (Å²) < 4.78 is 0. The van der Waals surface area contributed by atoms with Gasteiger partial charge in [-0.3, -0.25) is 4.79 Å². The third kappa shape index (κ3) is 1.30. The zero-order valence-corrected chi connectivity index (χ0v) is 7.76. The van der Waals surface area contributed by atoms with E-state index in [4.69, 9.17) is 7.85 Å². The van der Waals surface area contributed by atoms with Crippen LogP contribution in [0.1, 0.15) is 34.3 Å². The minimum atomic E-state index is 0.268. The lowest BCUT2D eigenvalue weighted by molar-refractivity contribution is 0.0972. The molecule has 0 spiro atoms. The molecule has 0 heterocycles. The van der Waals surface area contributed by atoms with Crippen molar-refractivity contribution in [2.24, 2.45) is 0 Å². The summed E-state index contributed by atoms with van der Waals surface area (Å²) in [7, 11) is 5.78. The topological polar surface area (TPSA) is 17.1 Å². The number of rotatable bonds is 0. The van der Waals surface area contributed by atoms with Gasteiger partial charge in [0.2, 0.25) is 0 Å². The third-order valence-electron chi connectivity index (χ3n) is 2.77.